The summed E-state index contributed by atoms with van der Waals surface area (Å²) in [4.78, 5) is 29.9. The Morgan fingerprint density at radius 2 is 1.87 bits per heavy atom. The van der Waals surface area contributed by atoms with Crippen molar-refractivity contribution in [2.45, 2.75) is 58.2 Å². The number of hydrogen-bond acceptors (Lipinski definition) is 6. The molecule has 0 bridgehead atoms. The molecule has 8 nitrogen and oxygen atoms in total. The van der Waals surface area contributed by atoms with Gasteiger partial charge in [0.15, 0.2) is 0 Å². The minimum atomic E-state index is -0.892. The molecule has 1 fully saturated rings. The SMILES string of the molecule is CC(C)(C)OC(=O)N1CCC(COc2ccc(C3=NO[C@@H](CC(=O)O)C3)cc2)CC1. The zero-order valence-corrected chi connectivity index (χ0v) is 17.8. The van der Waals surface area contributed by atoms with Crippen molar-refractivity contribution >= 4 is 17.8 Å². The number of nitrogens with zero attached hydrogens (tertiary/aromatic N) is 2. The van der Waals surface area contributed by atoms with E-state index < -0.39 is 17.7 Å². The van der Waals surface area contributed by atoms with Crippen LogP contribution >= 0.6 is 0 Å². The molecule has 2 aliphatic heterocycles. The van der Waals surface area contributed by atoms with Gasteiger partial charge in [0.2, 0.25) is 0 Å². The van der Waals surface area contributed by atoms with E-state index in [0.29, 0.717) is 32.0 Å². The van der Waals surface area contributed by atoms with Gasteiger partial charge in [-0.2, -0.15) is 0 Å². The number of carbonyl (C=O) groups excluding carboxylic acids is 1. The van der Waals surface area contributed by atoms with Gasteiger partial charge in [-0.05, 0) is 69.4 Å². The molecule has 0 spiro atoms. The van der Waals surface area contributed by atoms with Gasteiger partial charge in [-0.1, -0.05) is 5.16 Å². The van der Waals surface area contributed by atoms with E-state index in [1.54, 1.807) is 4.90 Å². The van der Waals surface area contributed by atoms with Crippen LogP contribution in [0.1, 0.15) is 52.0 Å². The molecular weight excluding hydrogens is 388 g/mol. The number of amides is 1. The molecule has 1 amide bonds. The Bertz CT molecular complexity index is 776. The highest BCUT2D eigenvalue weighted by Gasteiger charge is 2.27. The van der Waals surface area contributed by atoms with E-state index in [9.17, 15) is 9.59 Å². The molecule has 1 N–H and O–H groups in total. The fourth-order valence-electron chi connectivity index (χ4n) is 3.47. The van der Waals surface area contributed by atoms with E-state index in [-0.39, 0.29) is 12.5 Å². The minimum Gasteiger partial charge on any atom is -0.493 e. The summed E-state index contributed by atoms with van der Waals surface area (Å²) in [6.45, 7) is 7.58. The number of carbonyl (C=O) groups is 2. The fourth-order valence-corrected chi connectivity index (χ4v) is 3.47. The molecule has 0 radical (unpaired) electrons. The van der Waals surface area contributed by atoms with Gasteiger partial charge in [0.1, 0.15) is 17.5 Å². The average molecular weight is 418 g/mol. The number of benzene rings is 1. The number of likely N-dealkylation sites (tertiary alicyclic amines) is 1. The Morgan fingerprint density at radius 3 is 2.47 bits per heavy atom. The lowest BCUT2D eigenvalue weighted by atomic mass is 9.98. The van der Waals surface area contributed by atoms with Crippen LogP contribution in [0.25, 0.3) is 0 Å². The third kappa shape index (κ3) is 6.37. The van der Waals surface area contributed by atoms with Gasteiger partial charge < -0.3 is 24.3 Å². The highest BCUT2D eigenvalue weighted by atomic mass is 16.6. The summed E-state index contributed by atoms with van der Waals surface area (Å²) in [6, 6.07) is 7.59. The van der Waals surface area contributed by atoms with Crippen molar-refractivity contribution in [1.82, 2.24) is 4.90 Å². The normalized spacial score (nSPS) is 19.8. The van der Waals surface area contributed by atoms with Crippen molar-refractivity contribution in [2.75, 3.05) is 19.7 Å². The molecular formula is C22H30N2O6. The quantitative estimate of drug-likeness (QED) is 0.757. The Balaban J connectivity index is 1.41. The number of oxime groups is 1. The molecule has 1 atom stereocenters. The van der Waals surface area contributed by atoms with Crippen LogP contribution in [0, 0.1) is 5.92 Å². The lowest BCUT2D eigenvalue weighted by molar-refractivity contribution is -0.139. The first-order valence-corrected chi connectivity index (χ1v) is 10.4. The van der Waals surface area contributed by atoms with Gasteiger partial charge in [-0.15, -0.1) is 0 Å². The summed E-state index contributed by atoms with van der Waals surface area (Å²) in [5.41, 5.74) is 1.18. The van der Waals surface area contributed by atoms with E-state index >= 15 is 0 Å². The molecule has 0 aliphatic carbocycles. The number of carboxylic acids is 1. The molecule has 3 rings (SSSR count). The van der Waals surface area contributed by atoms with Crippen molar-refractivity contribution in [3.8, 4) is 5.75 Å². The molecule has 1 aromatic rings. The lowest BCUT2D eigenvalue weighted by Crippen LogP contribution is -2.42. The first kappa shape index (κ1) is 21.9. The number of ether oxygens (including phenoxy) is 2. The zero-order valence-electron chi connectivity index (χ0n) is 17.8. The molecule has 30 heavy (non-hydrogen) atoms. The highest BCUT2D eigenvalue weighted by molar-refractivity contribution is 6.01. The predicted molar refractivity (Wildman–Crippen MR) is 111 cm³/mol. The van der Waals surface area contributed by atoms with Crippen LogP contribution in [0.2, 0.25) is 0 Å². The topological polar surface area (TPSA) is 97.7 Å². The van der Waals surface area contributed by atoms with Crippen LogP contribution in [0.5, 0.6) is 5.75 Å². The molecule has 0 aromatic heterocycles. The number of carboxylic acid groups (broad SMARTS) is 1. The number of piperidine rings is 1. The monoisotopic (exact) mass is 418 g/mol. The molecule has 2 aliphatic rings. The van der Waals surface area contributed by atoms with E-state index in [4.69, 9.17) is 19.4 Å². The largest absolute Gasteiger partial charge is 0.493 e. The van der Waals surface area contributed by atoms with Gasteiger partial charge in [0, 0.05) is 19.5 Å². The number of hydrogen-bond donors (Lipinski definition) is 1. The first-order valence-electron chi connectivity index (χ1n) is 10.4. The summed E-state index contributed by atoms with van der Waals surface area (Å²) in [5.74, 6) is 0.278. The molecule has 2 heterocycles. The van der Waals surface area contributed by atoms with Crippen LogP contribution in [0.4, 0.5) is 4.79 Å². The van der Waals surface area contributed by atoms with Crippen molar-refractivity contribution in [3.05, 3.63) is 29.8 Å². The second-order valence-electron chi connectivity index (χ2n) is 8.81. The summed E-state index contributed by atoms with van der Waals surface area (Å²) >= 11 is 0. The zero-order chi connectivity index (χ0) is 21.7. The van der Waals surface area contributed by atoms with E-state index in [1.807, 2.05) is 45.0 Å². The Kier molecular flexibility index (Phi) is 6.84. The van der Waals surface area contributed by atoms with Crippen molar-refractivity contribution < 1.29 is 29.0 Å². The standard InChI is InChI=1S/C22H30N2O6/c1-22(2,3)29-21(27)24-10-8-15(9-11-24)14-28-17-6-4-16(5-7-17)19-12-18(30-23-19)13-20(25)26/h4-7,15,18H,8-14H2,1-3H3,(H,25,26)/t18-/m1/s1. The molecule has 0 unspecified atom stereocenters. The summed E-state index contributed by atoms with van der Waals surface area (Å²) in [6.07, 6.45) is 1.55. The Hall–Kier alpha value is -2.77. The van der Waals surface area contributed by atoms with Gasteiger partial charge in [0.25, 0.3) is 0 Å². The van der Waals surface area contributed by atoms with E-state index in [0.717, 1.165) is 29.9 Å². The average Bonchev–Trinajstić information content (AvgIpc) is 3.13. The Morgan fingerprint density at radius 1 is 1.20 bits per heavy atom. The van der Waals surface area contributed by atoms with Gasteiger partial charge in [-0.25, -0.2) is 4.79 Å². The van der Waals surface area contributed by atoms with E-state index in [2.05, 4.69) is 5.16 Å². The molecule has 0 saturated carbocycles. The predicted octanol–water partition coefficient (Wildman–Crippen LogP) is 3.68. The van der Waals surface area contributed by atoms with Gasteiger partial charge in [-0.3, -0.25) is 4.79 Å². The summed E-state index contributed by atoms with van der Waals surface area (Å²) in [7, 11) is 0. The third-order valence-corrected chi connectivity index (χ3v) is 5.07. The highest BCUT2D eigenvalue weighted by Crippen LogP contribution is 2.23. The second-order valence-corrected chi connectivity index (χ2v) is 8.81. The maximum absolute atomic E-state index is 12.1. The van der Waals surface area contributed by atoms with Crippen LogP contribution in [0.3, 0.4) is 0 Å². The van der Waals surface area contributed by atoms with Crippen LogP contribution in [-0.4, -0.2) is 59.2 Å². The Labute approximate surface area is 176 Å². The summed E-state index contributed by atoms with van der Waals surface area (Å²) in [5, 5.41) is 12.8. The van der Waals surface area contributed by atoms with Crippen LogP contribution < -0.4 is 4.74 Å². The number of aliphatic carboxylic acids is 1. The van der Waals surface area contributed by atoms with Crippen LogP contribution in [0.15, 0.2) is 29.4 Å². The maximum Gasteiger partial charge on any atom is 0.410 e. The smallest absolute Gasteiger partial charge is 0.410 e. The summed E-state index contributed by atoms with van der Waals surface area (Å²) < 4.78 is 11.4. The van der Waals surface area contributed by atoms with Crippen molar-refractivity contribution in [3.63, 3.8) is 0 Å². The van der Waals surface area contributed by atoms with Gasteiger partial charge >= 0.3 is 12.1 Å². The maximum atomic E-state index is 12.1. The first-order chi connectivity index (χ1) is 14.2. The molecule has 1 saturated heterocycles. The molecule has 164 valence electrons. The lowest BCUT2D eigenvalue weighted by Gasteiger charge is -2.33. The molecule has 1 aromatic carbocycles. The third-order valence-electron chi connectivity index (χ3n) is 5.07. The van der Waals surface area contributed by atoms with Crippen molar-refractivity contribution in [2.24, 2.45) is 11.1 Å². The molecule has 8 heteroatoms. The van der Waals surface area contributed by atoms with E-state index in [1.165, 1.54) is 0 Å². The minimum absolute atomic E-state index is 0.0546. The van der Waals surface area contributed by atoms with Crippen LogP contribution in [-0.2, 0) is 14.4 Å². The van der Waals surface area contributed by atoms with Gasteiger partial charge in [0.05, 0.1) is 18.7 Å². The second kappa shape index (κ2) is 9.36. The number of rotatable bonds is 6. The van der Waals surface area contributed by atoms with Crippen molar-refractivity contribution in [1.29, 1.82) is 0 Å². The fraction of sp³-hybridized carbons (Fsp3) is 0.591.